The molecule has 0 radical (unpaired) electrons. The van der Waals surface area contributed by atoms with Crippen molar-refractivity contribution in [3.8, 4) is 0 Å². The van der Waals surface area contributed by atoms with E-state index in [2.05, 4.69) is 151 Å². The summed E-state index contributed by atoms with van der Waals surface area (Å²) in [5.74, 6) is 0. The normalized spacial score (nSPS) is 18.0. The van der Waals surface area contributed by atoms with Gasteiger partial charge < -0.3 is 19.2 Å². The molecule has 2 aliphatic rings. The van der Waals surface area contributed by atoms with Gasteiger partial charge >= 0.3 is 14.0 Å². The number of benzene rings is 1. The second kappa shape index (κ2) is 7.81. The van der Waals surface area contributed by atoms with E-state index in [-0.39, 0.29) is 36.1 Å². The maximum Gasteiger partial charge on any atom is 0.411 e. The highest BCUT2D eigenvalue weighted by Gasteiger charge is 2.46. The van der Waals surface area contributed by atoms with Crippen LogP contribution in [0.5, 0.6) is 0 Å². The lowest BCUT2D eigenvalue weighted by Gasteiger charge is -2.44. The van der Waals surface area contributed by atoms with Crippen LogP contribution in [0.25, 0.3) is 0 Å². The average Bonchev–Trinajstić information content (AvgIpc) is 3.25. The number of nitrogens with zero attached hydrogens (tertiary/aromatic N) is 4. The van der Waals surface area contributed by atoms with E-state index in [1.54, 1.807) is 0 Å². The SMILES string of the molecule is CC(C)(C)N1C=CN(C(C)(C)C)B1c1cccc(B2N(C(C)(C)C)C=CN2C(C)(C)C)c1. The lowest BCUT2D eigenvalue weighted by Crippen LogP contribution is -2.65. The maximum atomic E-state index is 2.49. The van der Waals surface area contributed by atoms with Crippen LogP contribution in [0.1, 0.15) is 83.1 Å². The minimum atomic E-state index is 0.0287. The van der Waals surface area contributed by atoms with Crippen LogP contribution in [0.4, 0.5) is 0 Å². The molecule has 1 aromatic rings. The first kappa shape index (κ1) is 24.7. The van der Waals surface area contributed by atoms with Crippen molar-refractivity contribution in [1.82, 2.24) is 19.2 Å². The van der Waals surface area contributed by atoms with Gasteiger partial charge in [-0.05, 0) is 94.0 Å². The molecule has 2 aliphatic heterocycles. The monoisotopic (exact) mass is 434 g/mol. The molecule has 0 fully saturated rings. The lowest BCUT2D eigenvalue weighted by atomic mass is 9.56. The first-order chi connectivity index (χ1) is 14.4. The van der Waals surface area contributed by atoms with E-state index in [0.29, 0.717) is 0 Å². The Bertz CT molecular complexity index is 764. The molecule has 6 heteroatoms. The largest absolute Gasteiger partial charge is 0.411 e. The van der Waals surface area contributed by atoms with Gasteiger partial charge in [0.2, 0.25) is 0 Å². The van der Waals surface area contributed by atoms with Gasteiger partial charge in [0, 0.05) is 47.0 Å². The Labute approximate surface area is 198 Å². The molecule has 0 aromatic heterocycles. The summed E-state index contributed by atoms with van der Waals surface area (Å²) in [5, 5.41) is 0. The van der Waals surface area contributed by atoms with Crippen molar-refractivity contribution >= 4 is 24.9 Å². The molecule has 0 N–H and O–H groups in total. The van der Waals surface area contributed by atoms with Gasteiger partial charge in [-0.2, -0.15) is 0 Å². The highest BCUT2D eigenvalue weighted by atomic mass is 15.3. The van der Waals surface area contributed by atoms with Gasteiger partial charge in [0.1, 0.15) is 0 Å². The molecule has 32 heavy (non-hydrogen) atoms. The van der Waals surface area contributed by atoms with Gasteiger partial charge in [0.05, 0.1) is 0 Å². The standard InChI is InChI=1S/C26H44B2N4/c1-23(2,3)29-16-17-30(24(4,5)6)27(29)21-14-13-15-22(20-21)28-31(25(7,8)9)18-19-32(28)26(10,11)12/h13-20H,1-12H3. The Kier molecular flexibility index (Phi) is 6.02. The van der Waals surface area contributed by atoms with Gasteiger partial charge in [-0.15, -0.1) is 0 Å². The summed E-state index contributed by atoms with van der Waals surface area (Å²) in [6.45, 7) is 27.9. The van der Waals surface area contributed by atoms with Gasteiger partial charge in [0.25, 0.3) is 0 Å². The minimum Gasteiger partial charge on any atom is -0.392 e. The minimum absolute atomic E-state index is 0.0287. The van der Waals surface area contributed by atoms with Crippen LogP contribution >= 0.6 is 0 Å². The quantitative estimate of drug-likeness (QED) is 0.638. The van der Waals surface area contributed by atoms with Gasteiger partial charge in [0.15, 0.2) is 0 Å². The summed E-state index contributed by atoms with van der Waals surface area (Å²) in [6, 6.07) is 9.27. The Morgan fingerprint density at radius 3 is 0.938 bits per heavy atom. The first-order valence-electron chi connectivity index (χ1n) is 12.0. The molecule has 3 rings (SSSR count). The average molecular weight is 434 g/mol. The predicted octanol–water partition coefficient (Wildman–Crippen LogP) is 4.45. The molecule has 1 aromatic carbocycles. The van der Waals surface area contributed by atoms with Crippen LogP contribution < -0.4 is 10.9 Å². The zero-order chi connectivity index (χ0) is 24.3. The summed E-state index contributed by atoms with van der Waals surface area (Å²) >= 11 is 0. The smallest absolute Gasteiger partial charge is 0.392 e. The lowest BCUT2D eigenvalue weighted by molar-refractivity contribution is 0.286. The first-order valence-corrected chi connectivity index (χ1v) is 12.0. The fraction of sp³-hybridized carbons (Fsp3) is 0.615. The summed E-state index contributed by atoms with van der Waals surface area (Å²) in [6.07, 6.45) is 9.07. The van der Waals surface area contributed by atoms with Crippen LogP contribution in [-0.4, -0.2) is 55.4 Å². The molecular formula is C26H44B2N4. The zero-order valence-electron chi connectivity index (χ0n) is 22.6. The summed E-state index contributed by atoms with van der Waals surface area (Å²) < 4.78 is 0. The maximum absolute atomic E-state index is 2.49. The Hall–Kier alpha value is -1.97. The third-order valence-corrected chi connectivity index (χ3v) is 6.44. The van der Waals surface area contributed by atoms with Crippen LogP contribution in [0.2, 0.25) is 0 Å². The van der Waals surface area contributed by atoms with Gasteiger partial charge in [-0.3, -0.25) is 0 Å². The summed E-state index contributed by atoms with van der Waals surface area (Å²) in [4.78, 5) is 9.97. The molecule has 0 amide bonds. The van der Waals surface area contributed by atoms with Crippen molar-refractivity contribution in [3.05, 3.63) is 49.1 Å². The van der Waals surface area contributed by atoms with Crippen molar-refractivity contribution in [1.29, 1.82) is 0 Å². The Balaban J connectivity index is 2.09. The van der Waals surface area contributed by atoms with E-state index in [1.165, 1.54) is 10.9 Å². The fourth-order valence-electron chi connectivity index (χ4n) is 4.77. The molecule has 2 heterocycles. The van der Waals surface area contributed by atoms with Crippen molar-refractivity contribution in [2.75, 3.05) is 0 Å². The molecule has 0 unspecified atom stereocenters. The second-order valence-electron chi connectivity index (χ2n) is 13.3. The van der Waals surface area contributed by atoms with Crippen LogP contribution in [0.3, 0.4) is 0 Å². The Morgan fingerprint density at radius 1 is 0.469 bits per heavy atom. The van der Waals surface area contributed by atoms with E-state index in [1.807, 2.05) is 0 Å². The highest BCUT2D eigenvalue weighted by Crippen LogP contribution is 2.30. The molecule has 0 spiro atoms. The number of hydrogen-bond donors (Lipinski definition) is 0. The van der Waals surface area contributed by atoms with Gasteiger partial charge in [-0.1, -0.05) is 24.3 Å². The van der Waals surface area contributed by atoms with Crippen molar-refractivity contribution in [3.63, 3.8) is 0 Å². The van der Waals surface area contributed by atoms with E-state index >= 15 is 0 Å². The Morgan fingerprint density at radius 2 is 0.719 bits per heavy atom. The third-order valence-electron chi connectivity index (χ3n) is 6.44. The fourth-order valence-corrected chi connectivity index (χ4v) is 4.77. The zero-order valence-corrected chi connectivity index (χ0v) is 22.6. The van der Waals surface area contributed by atoms with Crippen molar-refractivity contribution in [2.45, 2.75) is 105 Å². The van der Waals surface area contributed by atoms with Crippen LogP contribution in [0, 0.1) is 0 Å². The molecule has 0 atom stereocenters. The molecular weight excluding hydrogens is 390 g/mol. The van der Waals surface area contributed by atoms with Crippen LogP contribution in [0.15, 0.2) is 49.1 Å². The topological polar surface area (TPSA) is 13.0 Å². The van der Waals surface area contributed by atoms with E-state index in [4.69, 9.17) is 0 Å². The summed E-state index contributed by atoms with van der Waals surface area (Å²) in [7, 11) is 0. The van der Waals surface area contributed by atoms with Crippen molar-refractivity contribution < 1.29 is 0 Å². The van der Waals surface area contributed by atoms with Crippen molar-refractivity contribution in [2.24, 2.45) is 0 Å². The number of rotatable bonds is 2. The van der Waals surface area contributed by atoms with E-state index in [0.717, 1.165) is 0 Å². The summed E-state index contributed by atoms with van der Waals surface area (Å²) in [5.41, 5.74) is 2.79. The molecule has 174 valence electrons. The van der Waals surface area contributed by atoms with Crippen LogP contribution in [-0.2, 0) is 0 Å². The van der Waals surface area contributed by atoms with E-state index < -0.39 is 0 Å². The van der Waals surface area contributed by atoms with E-state index in [9.17, 15) is 0 Å². The highest BCUT2D eigenvalue weighted by molar-refractivity contribution is 6.73. The predicted molar refractivity (Wildman–Crippen MR) is 142 cm³/mol. The molecule has 0 saturated carbocycles. The molecule has 4 nitrogen and oxygen atoms in total. The molecule has 0 aliphatic carbocycles. The molecule has 0 bridgehead atoms. The molecule has 0 saturated heterocycles. The third kappa shape index (κ3) is 4.70. The van der Waals surface area contributed by atoms with Gasteiger partial charge in [-0.25, -0.2) is 0 Å². The second-order valence-corrected chi connectivity index (χ2v) is 13.3. The number of hydrogen-bond acceptors (Lipinski definition) is 4.